The van der Waals surface area contributed by atoms with Gasteiger partial charge >= 0.3 is 0 Å². The smallest absolute Gasteiger partial charge is 0.246 e. The second kappa shape index (κ2) is 51.4. The first kappa shape index (κ1) is 107. The Hall–Kier alpha value is -13.0. The number of hydrogen-bond acceptors (Lipinski definition) is 24. The van der Waals surface area contributed by atoms with Crippen molar-refractivity contribution in [2.45, 2.75) is 241 Å². The van der Waals surface area contributed by atoms with Crippen LogP contribution in [-0.4, -0.2) is 313 Å². The van der Waals surface area contributed by atoms with Gasteiger partial charge in [-0.15, -0.1) is 23.1 Å². The number of fused-ring (bicyclic) bond motifs is 4. The Labute approximate surface area is 789 Å². The standard InChI is InChI=1S/C90H128N22O21S2/c1-9-11-23-67-82(126)101-58(22-17-32-96-90(94)95)78(122)107-66(77(121)98-43-74(93)118)46-134-47-75(119)99-63(36-50-27-29-53(114)30-28-50)85(129)108(6)49(5)76(120)104-65(41-73(92)117)87(131)111-33-18-25-68(111)83(127)103-61(40-72(91)116)81(125)105-62(35-48(3)4)88(132)112-44-54(115)39-70(112)84(128)102-60(37-51-42-97-57-21-15-13-19-55(51)57)80(124)100-59(31-34-113)79(123)106-64(38-52-45-135-71-26-16-14-20-56(52)71)86(130)110(8)69(24-12-10-2)89(133)109(67)7/h13-16,19-21,26-30,42,45,48-49,54,58-70,97,113-115H,9-12,17-18,22-25,31-41,43-44,46-47H2,1-8H3,(H2,91,116)(H2,92,117)(H2,93,118)(H,98,121)(H,99,119)(H,100,124)(H,101,126)(H,102,128)(H,103,127)(H,104,120)(H,105,125)(H,106,123)(H,107,122)(H4,94,95,96)/t49-,54+,58-,59-,60-,61-,62-,63-,64-,65+,66-,67-,68-,69-,70-/m0/s1. The molecule has 15 atom stereocenters. The quantitative estimate of drug-likeness (QED) is 0.0142. The average Bonchev–Trinajstić information content (AvgIpc) is 1.71. The fourth-order valence-corrected chi connectivity index (χ4v) is 18.3. The van der Waals surface area contributed by atoms with E-state index in [9.17, 15) is 68.1 Å². The van der Waals surface area contributed by atoms with Gasteiger partial charge in [-0.25, -0.2) is 0 Å². The predicted octanol–water partition coefficient (Wildman–Crippen LogP) is -2.90. The number of hydrogen-bond donors (Lipinski definition) is 20. The number of phenolic OH excluding ortho intramolecular Hbond substituents is 1. The minimum absolute atomic E-state index is 0.00592. The first-order chi connectivity index (χ1) is 64.1. The zero-order valence-electron chi connectivity index (χ0n) is 77.1. The number of thiophene rings is 1. The lowest BCUT2D eigenvalue weighted by atomic mass is 9.99. The Bertz CT molecular complexity index is 5090. The van der Waals surface area contributed by atoms with Crippen molar-refractivity contribution in [1.29, 1.82) is 5.41 Å². The van der Waals surface area contributed by atoms with Crippen molar-refractivity contribution in [2.24, 2.45) is 28.9 Å². The number of rotatable bonds is 27. The summed E-state index contributed by atoms with van der Waals surface area (Å²) in [6.45, 7) is 6.14. The number of nitrogens with one attached hydrogen (secondary N) is 13. The van der Waals surface area contributed by atoms with Crippen LogP contribution in [0.4, 0.5) is 0 Å². The molecule has 0 radical (unpaired) electrons. The van der Waals surface area contributed by atoms with Crippen LogP contribution in [0.15, 0.2) is 84.4 Å². The van der Waals surface area contributed by atoms with Crippen molar-refractivity contribution in [3.05, 3.63) is 101 Å². The Kier molecular flexibility index (Phi) is 40.9. The molecule has 45 heteroatoms. The zero-order chi connectivity index (χ0) is 99.2. The maximum Gasteiger partial charge on any atom is 0.246 e. The van der Waals surface area contributed by atoms with Crippen LogP contribution < -0.4 is 81.4 Å². The molecule has 18 amide bonds. The third-order valence-corrected chi connectivity index (χ3v) is 25.9. The van der Waals surface area contributed by atoms with Crippen molar-refractivity contribution >= 4 is 156 Å². The number of thioether (sulfide) groups is 1. The minimum Gasteiger partial charge on any atom is -0.508 e. The van der Waals surface area contributed by atoms with Crippen molar-refractivity contribution < 1.29 is 102 Å². The number of nitrogens with zero attached hydrogens (tertiary/aromatic N) is 5. The van der Waals surface area contributed by atoms with E-state index in [0.29, 0.717) is 58.7 Å². The van der Waals surface area contributed by atoms with E-state index < -0.39 is 266 Å². The topological polar surface area (TPSA) is 660 Å². The molecule has 0 bridgehead atoms. The molecule has 2 aromatic heterocycles. The molecule has 0 aliphatic carbocycles. The monoisotopic (exact) mass is 1920 g/mol. The molecular weight excluding hydrogens is 1790 g/mol. The number of likely N-dealkylation sites (N-methyl/N-ethyl adjacent to an activating group) is 3. The number of carbonyl (C=O) groups is 18. The number of unbranched alkanes of at least 4 members (excludes halogenated alkanes) is 2. The van der Waals surface area contributed by atoms with Gasteiger partial charge < -0.3 is 126 Å². The Morgan fingerprint density at radius 3 is 1.75 bits per heavy atom. The first-order valence-electron chi connectivity index (χ1n) is 45.1. The molecule has 3 aliphatic heterocycles. The van der Waals surface area contributed by atoms with Crippen LogP contribution in [0.5, 0.6) is 5.75 Å². The first-order valence-corrected chi connectivity index (χ1v) is 47.2. The van der Waals surface area contributed by atoms with E-state index in [0.717, 1.165) is 41.0 Å². The van der Waals surface area contributed by atoms with Gasteiger partial charge in [0.25, 0.3) is 0 Å². The summed E-state index contributed by atoms with van der Waals surface area (Å²) < 4.78 is 0.811. The Morgan fingerprint density at radius 2 is 1.09 bits per heavy atom. The van der Waals surface area contributed by atoms with Crippen LogP contribution in [0.2, 0.25) is 0 Å². The lowest BCUT2D eigenvalue weighted by Crippen LogP contribution is -2.61. The summed E-state index contributed by atoms with van der Waals surface area (Å²) >= 11 is 2.10. The molecule has 3 aliphatic rings. The van der Waals surface area contributed by atoms with Gasteiger partial charge in [0.2, 0.25) is 106 Å². The van der Waals surface area contributed by atoms with Gasteiger partial charge in [-0.3, -0.25) is 91.7 Å². The van der Waals surface area contributed by atoms with Gasteiger partial charge in [-0.1, -0.05) is 102 Å². The lowest BCUT2D eigenvalue weighted by Gasteiger charge is -2.36. The summed E-state index contributed by atoms with van der Waals surface area (Å²) in [5.74, 6) is -19.7. The van der Waals surface area contributed by atoms with Crippen LogP contribution in [0.1, 0.15) is 148 Å². The summed E-state index contributed by atoms with van der Waals surface area (Å²) in [5, 5.41) is 72.1. The highest BCUT2D eigenvalue weighted by Crippen LogP contribution is 2.30. The number of aliphatic hydroxyl groups excluding tert-OH is 2. The molecular formula is C90H128N22O21S2. The second-order valence-corrected chi connectivity index (χ2v) is 36.5. The summed E-state index contributed by atoms with van der Waals surface area (Å²) in [5.41, 5.74) is 24.5. The molecule has 135 heavy (non-hydrogen) atoms. The van der Waals surface area contributed by atoms with E-state index in [1.54, 1.807) is 55.8 Å². The molecule has 8 rings (SSSR count). The van der Waals surface area contributed by atoms with Crippen molar-refractivity contribution in [3.63, 3.8) is 0 Å². The van der Waals surface area contributed by atoms with Crippen molar-refractivity contribution in [1.82, 2.24) is 88.0 Å². The molecule has 43 nitrogen and oxygen atoms in total. The summed E-state index contributed by atoms with van der Waals surface area (Å²) in [7, 11) is 3.90. The third-order valence-electron chi connectivity index (χ3n) is 23.9. The van der Waals surface area contributed by atoms with Crippen LogP contribution in [0.25, 0.3) is 21.0 Å². The summed E-state index contributed by atoms with van der Waals surface area (Å²) in [6, 6.07) is -2.53. The highest BCUT2D eigenvalue weighted by atomic mass is 32.2. The predicted molar refractivity (Wildman–Crippen MR) is 499 cm³/mol. The van der Waals surface area contributed by atoms with Crippen LogP contribution in [0, 0.1) is 11.3 Å². The third kappa shape index (κ3) is 30.7. The van der Waals surface area contributed by atoms with E-state index in [1.165, 1.54) is 63.7 Å². The van der Waals surface area contributed by atoms with E-state index in [2.05, 4.69) is 63.5 Å². The van der Waals surface area contributed by atoms with E-state index in [4.69, 9.17) is 28.3 Å². The van der Waals surface area contributed by atoms with Crippen LogP contribution >= 0.6 is 23.1 Å². The molecule has 0 spiro atoms. The lowest BCUT2D eigenvalue weighted by molar-refractivity contribution is -0.149. The largest absolute Gasteiger partial charge is 0.508 e. The van der Waals surface area contributed by atoms with Gasteiger partial charge in [-0.05, 0) is 116 Å². The van der Waals surface area contributed by atoms with Gasteiger partial charge in [0.1, 0.15) is 90.3 Å². The number of aromatic hydroxyl groups is 1. The van der Waals surface area contributed by atoms with E-state index in [-0.39, 0.29) is 83.0 Å². The van der Waals surface area contributed by atoms with E-state index >= 15 is 33.6 Å². The summed E-state index contributed by atoms with van der Waals surface area (Å²) in [6.07, 6.45) is -2.02. The number of benzene rings is 3. The molecule has 3 fully saturated rings. The van der Waals surface area contributed by atoms with Gasteiger partial charge in [-0.2, -0.15) is 0 Å². The second-order valence-electron chi connectivity index (χ2n) is 34.6. The highest BCUT2D eigenvalue weighted by Gasteiger charge is 2.47. The number of phenols is 1. The average molecular weight is 1920 g/mol. The number of carbonyl (C=O) groups excluding carboxylic acids is 18. The molecule has 5 aromatic rings. The summed E-state index contributed by atoms with van der Waals surface area (Å²) in [4.78, 5) is 271. The fourth-order valence-electron chi connectivity index (χ4n) is 16.5. The highest BCUT2D eigenvalue weighted by molar-refractivity contribution is 8.00. The Balaban J connectivity index is 1.21. The number of para-hydroxylation sites is 1. The number of aromatic nitrogens is 1. The molecule has 5 heterocycles. The fraction of sp³-hybridized carbons (Fsp3) is 0.544. The maximum atomic E-state index is 15.8. The van der Waals surface area contributed by atoms with Gasteiger partial charge in [0.15, 0.2) is 5.96 Å². The minimum atomic E-state index is -1.87. The van der Waals surface area contributed by atoms with Gasteiger partial charge in [0.05, 0.1) is 31.2 Å². The number of H-pyrrole nitrogens is 1. The maximum absolute atomic E-state index is 15.8. The van der Waals surface area contributed by atoms with E-state index in [1.807, 2.05) is 32.0 Å². The normalized spacial score (nSPS) is 24.7. The molecule has 0 unspecified atom stereocenters. The van der Waals surface area contributed by atoms with Crippen LogP contribution in [-0.2, 0) is 106 Å². The number of nitrogens with two attached hydrogens (primary N) is 4. The number of primary amides is 3. The number of aromatic amines is 1. The molecule has 736 valence electrons. The van der Waals surface area contributed by atoms with Crippen molar-refractivity contribution in [3.8, 4) is 5.75 Å². The SMILES string of the molecule is CCCC[C@H]1C(=O)N(C)[C@@H](CCCC)C(=O)N[C@@H](CCCNC(=N)N)C(=O)N[C@H](C(=O)NCC(N)=O)CSCC(=O)N[C@@H](Cc2ccc(O)cc2)C(=O)N(C)[C@@H](C)C(=O)N[C@H](CC(N)=O)C(=O)N2CCC[C@H]2C(=O)N[C@@H](CC(N)=O)C(=O)N[C@@H](CC(C)C)C(=O)N2C[C@H](O)C[C@H]2C(=O)N[C@@H](Cc2c[nH]c3ccccc23)C(=O)N[C@@H](CCO)C(=O)N[C@@H](Cc2csc3ccccc23)C(=O)N1C. The number of guanidine groups is 1. The molecule has 3 saturated heterocycles. The number of aliphatic hydroxyl groups is 2. The molecule has 0 saturated carbocycles. The number of amides is 18. The Morgan fingerprint density at radius 1 is 0.541 bits per heavy atom. The van der Waals surface area contributed by atoms with Crippen LogP contribution in [0.3, 0.4) is 0 Å². The molecule has 3 aromatic carbocycles. The van der Waals surface area contributed by atoms with Crippen molar-refractivity contribution in [2.75, 3.05) is 65.4 Å². The zero-order valence-corrected chi connectivity index (χ0v) is 78.7. The molecule has 24 N–H and O–H groups in total. The van der Waals surface area contributed by atoms with Gasteiger partial charge in [0, 0.05) is 101 Å².